The molecule has 0 aliphatic carbocycles. The summed E-state index contributed by atoms with van der Waals surface area (Å²) in [5.41, 5.74) is 6.42. The fraction of sp³-hybridized carbons (Fsp3) is 0.364. The van der Waals surface area contributed by atoms with Crippen LogP contribution in [0.25, 0.3) is 11.1 Å². The maximum absolute atomic E-state index is 13.6. The van der Waals surface area contributed by atoms with Crippen molar-refractivity contribution in [3.05, 3.63) is 47.8 Å². The third-order valence-electron chi connectivity index (χ3n) is 6.42. The van der Waals surface area contributed by atoms with Crippen molar-refractivity contribution >= 4 is 11.9 Å². The second-order valence-electron chi connectivity index (χ2n) is 8.03. The van der Waals surface area contributed by atoms with Crippen molar-refractivity contribution in [2.75, 3.05) is 13.7 Å². The largest absolute Gasteiger partial charge is 0.487 e. The molecule has 8 nitrogen and oxygen atoms in total. The quantitative estimate of drug-likeness (QED) is 0.778. The lowest BCUT2D eigenvalue weighted by molar-refractivity contribution is -0.191. The molecular formula is C22H21N5O3. The Hall–Kier alpha value is -3.44. The minimum atomic E-state index is -1.33. The van der Waals surface area contributed by atoms with Crippen molar-refractivity contribution in [1.82, 2.24) is 9.88 Å². The number of amides is 1. The third-order valence-corrected chi connectivity index (χ3v) is 6.42. The van der Waals surface area contributed by atoms with Gasteiger partial charge in [0.25, 0.3) is 5.91 Å². The van der Waals surface area contributed by atoms with E-state index in [0.29, 0.717) is 23.5 Å². The van der Waals surface area contributed by atoms with Gasteiger partial charge in [-0.3, -0.25) is 14.7 Å². The Morgan fingerprint density at radius 2 is 2.13 bits per heavy atom. The number of aliphatic imine (C=N–C) groups is 1. The first-order valence-corrected chi connectivity index (χ1v) is 9.85. The highest BCUT2D eigenvalue weighted by molar-refractivity contribution is 6.08. The van der Waals surface area contributed by atoms with Crippen molar-refractivity contribution in [2.24, 2.45) is 10.7 Å². The summed E-state index contributed by atoms with van der Waals surface area (Å²) in [6.45, 7) is 2.41. The molecule has 1 fully saturated rings. The van der Waals surface area contributed by atoms with Crippen molar-refractivity contribution in [3.8, 4) is 22.9 Å². The first kappa shape index (κ1) is 18.6. The van der Waals surface area contributed by atoms with Crippen LogP contribution in [0.3, 0.4) is 0 Å². The van der Waals surface area contributed by atoms with Gasteiger partial charge in [0.1, 0.15) is 23.5 Å². The number of guanidine groups is 1. The van der Waals surface area contributed by atoms with Crippen LogP contribution in [0.1, 0.15) is 30.9 Å². The number of nitrogens with zero attached hydrogens (tertiary/aromatic N) is 4. The van der Waals surface area contributed by atoms with Gasteiger partial charge in [0.15, 0.2) is 5.96 Å². The summed E-state index contributed by atoms with van der Waals surface area (Å²) in [6, 6.07) is 9.48. The molecule has 0 saturated carbocycles. The molecule has 8 heteroatoms. The molecular weight excluding hydrogens is 382 g/mol. The summed E-state index contributed by atoms with van der Waals surface area (Å²) < 4.78 is 12.5. The molecule has 1 saturated heterocycles. The molecule has 30 heavy (non-hydrogen) atoms. The van der Waals surface area contributed by atoms with Gasteiger partial charge in [0.05, 0.1) is 5.56 Å². The number of carbonyl (C=O) groups is 1. The number of nitriles is 1. The smallest absolute Gasteiger partial charge is 0.265 e. The number of fused-ring (bicyclic) bond motifs is 4. The van der Waals surface area contributed by atoms with E-state index in [4.69, 9.17) is 20.2 Å². The van der Waals surface area contributed by atoms with Crippen LogP contribution in [-0.2, 0) is 15.1 Å². The van der Waals surface area contributed by atoms with Crippen LogP contribution >= 0.6 is 0 Å². The molecule has 3 atom stereocenters. The first-order valence-electron chi connectivity index (χ1n) is 9.85. The van der Waals surface area contributed by atoms with E-state index >= 15 is 0 Å². The summed E-state index contributed by atoms with van der Waals surface area (Å²) in [7, 11) is 1.62. The van der Waals surface area contributed by atoms with Crippen LogP contribution in [0.5, 0.6) is 5.75 Å². The standard InChI is InChI=1S/C22H21N5O3/c1-21-18(4-3-7-29-21)30-17-6-5-14(15-8-13(10-23)11-25-12-15)9-16(17)22(21)19(28)27(2)20(24)26-22/h5-6,8-9,11-12,18H,3-4,7H2,1-2H3,(H2,24,26)/t18?,21?,22-/m1/s1. The van der Waals surface area contributed by atoms with Crippen LogP contribution in [0.15, 0.2) is 41.7 Å². The average Bonchev–Trinajstić information content (AvgIpc) is 3.00. The van der Waals surface area contributed by atoms with E-state index in [0.717, 1.165) is 24.0 Å². The number of pyridine rings is 1. The molecule has 3 aliphatic rings. The van der Waals surface area contributed by atoms with Crippen molar-refractivity contribution < 1.29 is 14.3 Å². The summed E-state index contributed by atoms with van der Waals surface area (Å²) >= 11 is 0. The maximum atomic E-state index is 13.6. The van der Waals surface area contributed by atoms with Gasteiger partial charge in [-0.2, -0.15) is 5.26 Å². The Morgan fingerprint density at radius 3 is 2.87 bits per heavy atom. The minimum Gasteiger partial charge on any atom is -0.487 e. The van der Waals surface area contributed by atoms with Gasteiger partial charge >= 0.3 is 0 Å². The van der Waals surface area contributed by atoms with E-state index in [9.17, 15) is 10.1 Å². The number of hydrogen-bond donors (Lipinski definition) is 1. The number of carbonyl (C=O) groups excluding carboxylic acids is 1. The molecule has 1 aromatic carbocycles. The molecule has 4 heterocycles. The highest BCUT2D eigenvalue weighted by Crippen LogP contribution is 2.55. The number of rotatable bonds is 1. The zero-order chi connectivity index (χ0) is 21.1. The molecule has 3 aliphatic heterocycles. The Kier molecular flexibility index (Phi) is 3.89. The highest BCUT2D eigenvalue weighted by Gasteiger charge is 2.68. The van der Waals surface area contributed by atoms with E-state index in [2.05, 4.69) is 11.1 Å². The normalized spacial score (nSPS) is 29.6. The van der Waals surface area contributed by atoms with Crippen LogP contribution in [0, 0.1) is 11.3 Å². The van der Waals surface area contributed by atoms with Gasteiger partial charge in [-0.15, -0.1) is 0 Å². The van der Waals surface area contributed by atoms with Crippen molar-refractivity contribution in [3.63, 3.8) is 0 Å². The zero-order valence-electron chi connectivity index (χ0n) is 16.8. The topological polar surface area (TPSA) is 114 Å². The van der Waals surface area contributed by atoms with Crippen LogP contribution in [0.4, 0.5) is 0 Å². The fourth-order valence-electron chi connectivity index (χ4n) is 4.74. The molecule has 2 N–H and O–H groups in total. The Bertz CT molecular complexity index is 1140. The summed E-state index contributed by atoms with van der Waals surface area (Å²) in [4.78, 5) is 23.8. The van der Waals surface area contributed by atoms with Gasteiger partial charge in [0.2, 0.25) is 5.54 Å². The van der Waals surface area contributed by atoms with Crippen LogP contribution in [0.2, 0.25) is 0 Å². The second-order valence-corrected chi connectivity index (χ2v) is 8.03. The van der Waals surface area contributed by atoms with E-state index in [1.165, 1.54) is 11.1 Å². The van der Waals surface area contributed by atoms with Crippen molar-refractivity contribution in [1.29, 1.82) is 5.26 Å². The lowest BCUT2D eigenvalue weighted by Gasteiger charge is -2.52. The molecule has 2 aromatic rings. The average molecular weight is 403 g/mol. The van der Waals surface area contributed by atoms with Gasteiger partial charge in [-0.25, -0.2) is 4.99 Å². The van der Waals surface area contributed by atoms with E-state index in [-0.39, 0.29) is 18.0 Å². The highest BCUT2D eigenvalue weighted by atomic mass is 16.6. The van der Waals surface area contributed by atoms with Gasteiger partial charge in [0, 0.05) is 37.2 Å². The van der Waals surface area contributed by atoms with Gasteiger partial charge in [-0.05, 0) is 43.5 Å². The number of benzene rings is 1. The number of nitrogens with two attached hydrogens (primary N) is 1. The van der Waals surface area contributed by atoms with Gasteiger partial charge < -0.3 is 15.2 Å². The van der Waals surface area contributed by atoms with E-state index in [1.54, 1.807) is 19.3 Å². The SMILES string of the molecule is CN1C(=O)[C@]2(N=C1N)c1cc(-c3cncc(C#N)c3)ccc1OC1CCCOC12C. The third kappa shape index (κ3) is 2.27. The zero-order valence-corrected chi connectivity index (χ0v) is 16.8. The van der Waals surface area contributed by atoms with E-state index < -0.39 is 11.1 Å². The molecule has 1 spiro atoms. The number of likely N-dealkylation sites (N-methyl/N-ethyl adjacent to an activating group) is 1. The molecule has 0 bridgehead atoms. The van der Waals surface area contributed by atoms with Crippen molar-refractivity contribution in [2.45, 2.75) is 37.0 Å². The fourth-order valence-corrected chi connectivity index (χ4v) is 4.74. The number of aromatic nitrogens is 1. The lowest BCUT2D eigenvalue weighted by Crippen LogP contribution is -2.67. The summed E-state index contributed by atoms with van der Waals surface area (Å²) in [5, 5.41) is 9.22. The Labute approximate surface area is 173 Å². The predicted molar refractivity (Wildman–Crippen MR) is 108 cm³/mol. The summed E-state index contributed by atoms with van der Waals surface area (Å²) in [5.74, 6) is 0.511. The van der Waals surface area contributed by atoms with Crippen LogP contribution in [-0.4, -0.2) is 47.1 Å². The molecule has 2 unspecified atom stereocenters. The monoisotopic (exact) mass is 403 g/mol. The lowest BCUT2D eigenvalue weighted by atomic mass is 9.68. The molecule has 1 amide bonds. The minimum absolute atomic E-state index is 0.153. The predicted octanol–water partition coefficient (Wildman–Crippen LogP) is 1.93. The second kappa shape index (κ2) is 6.28. The molecule has 5 rings (SSSR count). The first-order chi connectivity index (χ1) is 14.4. The molecule has 152 valence electrons. The Balaban J connectivity index is 1.76. The van der Waals surface area contributed by atoms with Crippen LogP contribution < -0.4 is 10.5 Å². The maximum Gasteiger partial charge on any atom is 0.265 e. The molecule has 0 radical (unpaired) electrons. The van der Waals surface area contributed by atoms with Gasteiger partial charge in [-0.1, -0.05) is 6.07 Å². The summed E-state index contributed by atoms with van der Waals surface area (Å²) in [6.07, 6.45) is 4.48. The Morgan fingerprint density at radius 1 is 1.30 bits per heavy atom. The van der Waals surface area contributed by atoms with E-state index in [1.807, 2.05) is 25.1 Å². The number of ether oxygens (including phenoxy) is 2. The molecule has 1 aromatic heterocycles. The number of hydrogen-bond acceptors (Lipinski definition) is 7.